The van der Waals surface area contributed by atoms with Crippen LogP contribution in [0.5, 0.6) is 0 Å². The summed E-state index contributed by atoms with van der Waals surface area (Å²) in [5, 5.41) is 4.69. The van der Waals surface area contributed by atoms with Gasteiger partial charge >= 0.3 is 11.8 Å². The van der Waals surface area contributed by atoms with Crippen LogP contribution in [-0.4, -0.2) is 23.8 Å². The number of nitrogens with zero attached hydrogens (tertiary/aromatic N) is 1. The van der Waals surface area contributed by atoms with Gasteiger partial charge in [0.15, 0.2) is 0 Å². The first-order valence-corrected chi connectivity index (χ1v) is 4.13. The van der Waals surface area contributed by atoms with E-state index in [1.165, 1.54) is 7.05 Å². The summed E-state index contributed by atoms with van der Waals surface area (Å²) in [6.45, 7) is 0.306. The molecule has 74 valence electrons. The summed E-state index contributed by atoms with van der Waals surface area (Å²) in [6, 6.07) is 3.58. The molecule has 0 atom stereocenters. The first kappa shape index (κ1) is 10.2. The van der Waals surface area contributed by atoms with E-state index in [4.69, 9.17) is 0 Å². The topological polar surface area (TPSA) is 71.1 Å². The van der Waals surface area contributed by atoms with Gasteiger partial charge in [-0.25, -0.2) is 0 Å². The van der Waals surface area contributed by atoms with Gasteiger partial charge in [0, 0.05) is 26.0 Å². The molecule has 0 aliphatic rings. The van der Waals surface area contributed by atoms with Crippen LogP contribution in [0.4, 0.5) is 0 Å². The average Bonchev–Trinajstić information content (AvgIpc) is 2.26. The number of likely N-dealkylation sites (N-methyl/N-ethyl adjacent to an activating group) is 1. The normalized spacial score (nSPS) is 9.21. The van der Waals surface area contributed by atoms with E-state index in [-0.39, 0.29) is 0 Å². The minimum Gasteiger partial charge on any atom is -0.351 e. The molecule has 5 heteroatoms. The van der Waals surface area contributed by atoms with Crippen molar-refractivity contribution >= 4 is 11.8 Å². The Labute approximate surface area is 81.5 Å². The second-order valence-corrected chi connectivity index (χ2v) is 2.62. The fraction of sp³-hybridized carbons (Fsp3) is 0.222. The summed E-state index contributed by atoms with van der Waals surface area (Å²) < 4.78 is 0. The van der Waals surface area contributed by atoms with Crippen LogP contribution in [0.15, 0.2) is 24.5 Å². The van der Waals surface area contributed by atoms with Crippen LogP contribution >= 0.6 is 0 Å². The lowest BCUT2D eigenvalue weighted by Crippen LogP contribution is -2.37. The molecule has 1 heterocycles. The Bertz CT molecular complexity index is 324. The summed E-state index contributed by atoms with van der Waals surface area (Å²) in [6.07, 6.45) is 3.27. The second-order valence-electron chi connectivity index (χ2n) is 2.62. The average molecular weight is 193 g/mol. The molecule has 1 aromatic heterocycles. The highest BCUT2D eigenvalue weighted by atomic mass is 16.2. The molecule has 0 aliphatic carbocycles. The number of hydrogen-bond donors (Lipinski definition) is 2. The first-order chi connectivity index (χ1) is 6.74. The maximum atomic E-state index is 11.0. The van der Waals surface area contributed by atoms with Gasteiger partial charge in [-0.2, -0.15) is 0 Å². The largest absolute Gasteiger partial charge is 0.351 e. The molecule has 1 aromatic rings. The smallest absolute Gasteiger partial charge is 0.309 e. The van der Waals surface area contributed by atoms with E-state index in [1.54, 1.807) is 18.5 Å². The molecule has 0 saturated heterocycles. The van der Waals surface area contributed by atoms with Gasteiger partial charge in [0.1, 0.15) is 0 Å². The summed E-state index contributed by atoms with van der Waals surface area (Å²) in [5.74, 6) is -1.29. The molecule has 14 heavy (non-hydrogen) atoms. The van der Waals surface area contributed by atoms with Gasteiger partial charge in [-0.1, -0.05) is 6.07 Å². The fourth-order valence-electron chi connectivity index (χ4n) is 0.879. The van der Waals surface area contributed by atoms with Gasteiger partial charge in [0.2, 0.25) is 0 Å². The van der Waals surface area contributed by atoms with Crippen LogP contribution in [0.3, 0.4) is 0 Å². The number of nitrogens with one attached hydrogen (secondary N) is 2. The zero-order valence-electron chi connectivity index (χ0n) is 7.78. The Morgan fingerprint density at radius 1 is 1.43 bits per heavy atom. The molecule has 0 saturated carbocycles. The maximum Gasteiger partial charge on any atom is 0.309 e. The van der Waals surface area contributed by atoms with Crippen LogP contribution in [0.1, 0.15) is 5.56 Å². The zero-order valence-corrected chi connectivity index (χ0v) is 7.78. The van der Waals surface area contributed by atoms with Crippen molar-refractivity contribution in [3.63, 3.8) is 0 Å². The Morgan fingerprint density at radius 3 is 2.79 bits per heavy atom. The third kappa shape index (κ3) is 2.85. The van der Waals surface area contributed by atoms with Crippen LogP contribution in [0.25, 0.3) is 0 Å². The third-order valence-electron chi connectivity index (χ3n) is 1.61. The Balaban J connectivity index is 2.42. The molecule has 0 aromatic carbocycles. The van der Waals surface area contributed by atoms with Crippen molar-refractivity contribution in [1.29, 1.82) is 0 Å². The molecule has 0 spiro atoms. The highest BCUT2D eigenvalue weighted by Crippen LogP contribution is 1.93. The summed E-state index contributed by atoms with van der Waals surface area (Å²) in [5.41, 5.74) is 0.852. The number of rotatable bonds is 2. The van der Waals surface area contributed by atoms with Gasteiger partial charge < -0.3 is 10.6 Å². The van der Waals surface area contributed by atoms with Crippen LogP contribution in [0.2, 0.25) is 0 Å². The lowest BCUT2D eigenvalue weighted by Gasteiger charge is -2.02. The molecule has 2 N–H and O–H groups in total. The minimum absolute atomic E-state index is 0.306. The van der Waals surface area contributed by atoms with Gasteiger partial charge in [0.25, 0.3) is 0 Å². The van der Waals surface area contributed by atoms with E-state index >= 15 is 0 Å². The van der Waals surface area contributed by atoms with Crippen LogP contribution in [0, 0.1) is 0 Å². The number of pyridine rings is 1. The predicted octanol–water partition coefficient (Wildman–Crippen LogP) is -0.556. The van der Waals surface area contributed by atoms with Crippen molar-refractivity contribution < 1.29 is 9.59 Å². The molecule has 0 radical (unpaired) electrons. The monoisotopic (exact) mass is 193 g/mol. The van der Waals surface area contributed by atoms with E-state index in [9.17, 15) is 9.59 Å². The van der Waals surface area contributed by atoms with Crippen LogP contribution < -0.4 is 10.6 Å². The summed E-state index contributed by atoms with van der Waals surface area (Å²) in [4.78, 5) is 25.7. The molecule has 5 nitrogen and oxygen atoms in total. The number of carbonyl (C=O) groups is 2. The molecule has 0 unspecified atom stereocenters. The minimum atomic E-state index is -0.645. The highest BCUT2D eigenvalue weighted by molar-refractivity contribution is 6.34. The highest BCUT2D eigenvalue weighted by Gasteiger charge is 2.09. The Hall–Kier alpha value is -1.91. The van der Waals surface area contributed by atoms with Crippen molar-refractivity contribution in [3.8, 4) is 0 Å². The van der Waals surface area contributed by atoms with E-state index in [1.807, 2.05) is 6.07 Å². The van der Waals surface area contributed by atoms with E-state index in [0.717, 1.165) is 5.56 Å². The Morgan fingerprint density at radius 2 is 2.21 bits per heavy atom. The van der Waals surface area contributed by atoms with Crippen molar-refractivity contribution in [2.45, 2.75) is 6.54 Å². The SMILES string of the molecule is CNC(=O)C(=O)NCc1cccnc1. The summed E-state index contributed by atoms with van der Waals surface area (Å²) in [7, 11) is 1.41. The third-order valence-corrected chi connectivity index (χ3v) is 1.61. The fourth-order valence-corrected chi connectivity index (χ4v) is 0.879. The molecule has 0 fully saturated rings. The van der Waals surface area contributed by atoms with E-state index in [2.05, 4.69) is 15.6 Å². The standard InChI is InChI=1S/C9H11N3O2/c1-10-8(13)9(14)12-6-7-3-2-4-11-5-7/h2-5H,6H2,1H3,(H,10,13)(H,12,14). The first-order valence-electron chi connectivity index (χ1n) is 4.13. The second kappa shape index (κ2) is 4.96. The molecular weight excluding hydrogens is 182 g/mol. The summed E-state index contributed by atoms with van der Waals surface area (Å²) >= 11 is 0. The van der Waals surface area contributed by atoms with Crippen LogP contribution in [-0.2, 0) is 16.1 Å². The van der Waals surface area contributed by atoms with Crippen molar-refractivity contribution in [2.75, 3.05) is 7.05 Å². The molecule has 1 rings (SSSR count). The van der Waals surface area contributed by atoms with Gasteiger partial charge in [-0.05, 0) is 11.6 Å². The number of amides is 2. The molecular formula is C9H11N3O2. The van der Waals surface area contributed by atoms with Crippen molar-refractivity contribution in [3.05, 3.63) is 30.1 Å². The molecule has 0 bridgehead atoms. The van der Waals surface area contributed by atoms with Gasteiger partial charge in [-0.15, -0.1) is 0 Å². The van der Waals surface area contributed by atoms with E-state index in [0.29, 0.717) is 6.54 Å². The Kier molecular flexibility index (Phi) is 3.60. The molecule has 0 aliphatic heterocycles. The van der Waals surface area contributed by atoms with E-state index < -0.39 is 11.8 Å². The quantitative estimate of drug-likeness (QED) is 0.619. The van der Waals surface area contributed by atoms with Crippen molar-refractivity contribution in [1.82, 2.24) is 15.6 Å². The lowest BCUT2D eigenvalue weighted by atomic mass is 10.3. The number of hydrogen-bond acceptors (Lipinski definition) is 3. The van der Waals surface area contributed by atoms with Crippen molar-refractivity contribution in [2.24, 2.45) is 0 Å². The molecule has 2 amide bonds. The number of carbonyl (C=O) groups excluding carboxylic acids is 2. The van der Waals surface area contributed by atoms with Gasteiger partial charge in [0.05, 0.1) is 0 Å². The van der Waals surface area contributed by atoms with Gasteiger partial charge in [-0.3, -0.25) is 14.6 Å². The number of aromatic nitrogens is 1. The maximum absolute atomic E-state index is 11.0. The lowest BCUT2D eigenvalue weighted by molar-refractivity contribution is -0.139. The predicted molar refractivity (Wildman–Crippen MR) is 50.2 cm³/mol. The zero-order chi connectivity index (χ0) is 10.4.